The summed E-state index contributed by atoms with van der Waals surface area (Å²) in [6, 6.07) is 18.0. The van der Waals surface area contributed by atoms with Crippen LogP contribution in [-0.2, 0) is 0 Å². The molecule has 2 N–H and O–H groups in total. The second-order valence-corrected chi connectivity index (χ2v) is 4.70. The van der Waals surface area contributed by atoms with Crippen molar-refractivity contribution in [2.24, 2.45) is 0 Å². The van der Waals surface area contributed by atoms with E-state index >= 15 is 0 Å². The van der Waals surface area contributed by atoms with E-state index in [1.165, 1.54) is 11.1 Å². The minimum Gasteiger partial charge on any atom is -0.395 e. The molecule has 0 radical (unpaired) electrons. The van der Waals surface area contributed by atoms with E-state index < -0.39 is 0 Å². The molecule has 3 heteroatoms. The predicted octanol–water partition coefficient (Wildman–Crippen LogP) is 2.67. The molecular weight excluding hydrogens is 250 g/mol. The first-order valence-corrected chi connectivity index (χ1v) is 6.60. The summed E-state index contributed by atoms with van der Waals surface area (Å²) in [7, 11) is 0. The third-order valence-electron chi connectivity index (χ3n) is 3.40. The first kappa shape index (κ1) is 12.6. The van der Waals surface area contributed by atoms with Gasteiger partial charge in [-0.3, -0.25) is 4.79 Å². The molecule has 0 bridgehead atoms. The second kappa shape index (κ2) is 5.31. The van der Waals surface area contributed by atoms with Gasteiger partial charge in [-0.1, -0.05) is 42.5 Å². The quantitative estimate of drug-likeness (QED) is 0.765. The van der Waals surface area contributed by atoms with Gasteiger partial charge in [0.25, 0.3) is 5.91 Å². The molecule has 0 spiro atoms. The fraction of sp³-hybridized carbons (Fsp3) is 0.118. The van der Waals surface area contributed by atoms with Gasteiger partial charge in [0, 0.05) is 12.1 Å². The molecule has 0 saturated carbocycles. The zero-order chi connectivity index (χ0) is 13.9. The summed E-state index contributed by atoms with van der Waals surface area (Å²) < 4.78 is 0. The van der Waals surface area contributed by atoms with Crippen molar-refractivity contribution in [1.82, 2.24) is 5.32 Å². The number of aliphatic hydroxyl groups is 1. The van der Waals surface area contributed by atoms with Gasteiger partial charge < -0.3 is 10.4 Å². The Labute approximate surface area is 117 Å². The molecule has 0 unspecified atom stereocenters. The Bertz CT molecular complexity index is 736. The molecule has 2 aliphatic carbocycles. The molecule has 1 aromatic rings. The minimum absolute atomic E-state index is 0.0532. The van der Waals surface area contributed by atoms with Gasteiger partial charge in [0.15, 0.2) is 0 Å². The van der Waals surface area contributed by atoms with E-state index in [0.29, 0.717) is 5.56 Å². The molecule has 100 valence electrons. The van der Waals surface area contributed by atoms with Crippen molar-refractivity contribution >= 4 is 16.7 Å². The van der Waals surface area contributed by atoms with Crippen LogP contribution in [0.1, 0.15) is 10.4 Å². The highest BCUT2D eigenvalue weighted by molar-refractivity contribution is 6.02. The average molecular weight is 265 g/mol. The lowest BCUT2D eigenvalue weighted by Gasteiger charge is -2.05. The monoisotopic (exact) mass is 265 g/mol. The molecule has 20 heavy (non-hydrogen) atoms. The van der Waals surface area contributed by atoms with Crippen molar-refractivity contribution in [2.75, 3.05) is 13.2 Å². The number of rotatable bonds is 3. The molecule has 1 aromatic carbocycles. The SMILES string of the molecule is O=C(NCCO)c1ccc2c3cccc-3cccc2c1. The van der Waals surface area contributed by atoms with Gasteiger partial charge in [-0.05, 0) is 34.0 Å². The van der Waals surface area contributed by atoms with Crippen LogP contribution in [-0.4, -0.2) is 24.2 Å². The van der Waals surface area contributed by atoms with Gasteiger partial charge >= 0.3 is 0 Å². The van der Waals surface area contributed by atoms with Crippen molar-refractivity contribution in [1.29, 1.82) is 0 Å². The number of carbonyl (C=O) groups excluding carboxylic acids is 1. The first-order chi connectivity index (χ1) is 9.79. The van der Waals surface area contributed by atoms with Crippen LogP contribution < -0.4 is 5.32 Å². The molecule has 0 aromatic heterocycles. The number of aliphatic hydroxyl groups excluding tert-OH is 1. The van der Waals surface area contributed by atoms with Crippen LogP contribution >= 0.6 is 0 Å². The van der Waals surface area contributed by atoms with Gasteiger partial charge in [0.05, 0.1) is 6.61 Å². The minimum atomic E-state index is -0.161. The molecular formula is C17H15NO2. The van der Waals surface area contributed by atoms with Crippen LogP contribution in [0, 0.1) is 0 Å². The summed E-state index contributed by atoms with van der Waals surface area (Å²) in [5.41, 5.74) is 2.99. The van der Waals surface area contributed by atoms with Crippen LogP contribution in [0.15, 0.2) is 54.6 Å². The molecule has 3 rings (SSSR count). The zero-order valence-electron chi connectivity index (χ0n) is 11.0. The maximum Gasteiger partial charge on any atom is 0.251 e. The largest absolute Gasteiger partial charge is 0.395 e. The topological polar surface area (TPSA) is 49.3 Å². The van der Waals surface area contributed by atoms with Crippen LogP contribution in [0.2, 0.25) is 0 Å². The summed E-state index contributed by atoms with van der Waals surface area (Å²) in [6.07, 6.45) is 0. The smallest absolute Gasteiger partial charge is 0.251 e. The number of amides is 1. The zero-order valence-corrected chi connectivity index (χ0v) is 11.0. The third kappa shape index (κ3) is 2.24. The van der Waals surface area contributed by atoms with Gasteiger partial charge in [-0.25, -0.2) is 0 Å². The van der Waals surface area contributed by atoms with E-state index in [9.17, 15) is 4.79 Å². The highest BCUT2D eigenvalue weighted by Gasteiger charge is 2.08. The number of benzene rings is 1. The fourth-order valence-corrected chi connectivity index (χ4v) is 2.44. The van der Waals surface area contributed by atoms with Crippen LogP contribution in [0.5, 0.6) is 0 Å². The van der Waals surface area contributed by atoms with E-state index in [0.717, 1.165) is 10.8 Å². The van der Waals surface area contributed by atoms with Crippen LogP contribution in [0.25, 0.3) is 21.9 Å². The average Bonchev–Trinajstić information content (AvgIpc) is 2.86. The summed E-state index contributed by atoms with van der Waals surface area (Å²) in [6.45, 7) is 0.217. The molecule has 2 aliphatic rings. The maximum atomic E-state index is 11.9. The van der Waals surface area contributed by atoms with E-state index in [1.54, 1.807) is 0 Å². The number of carbonyl (C=O) groups is 1. The van der Waals surface area contributed by atoms with Gasteiger partial charge in [-0.15, -0.1) is 0 Å². The molecule has 0 saturated heterocycles. The predicted molar refractivity (Wildman–Crippen MR) is 80.0 cm³/mol. The molecule has 0 atom stereocenters. The lowest BCUT2D eigenvalue weighted by Crippen LogP contribution is -2.26. The number of fused-ring (bicyclic) bond motifs is 3. The molecule has 3 nitrogen and oxygen atoms in total. The Morgan fingerprint density at radius 1 is 1.05 bits per heavy atom. The summed E-state index contributed by atoms with van der Waals surface area (Å²) >= 11 is 0. The number of hydrogen-bond donors (Lipinski definition) is 2. The van der Waals surface area contributed by atoms with Crippen molar-refractivity contribution in [3.8, 4) is 11.1 Å². The second-order valence-electron chi connectivity index (χ2n) is 4.70. The van der Waals surface area contributed by atoms with Gasteiger partial charge in [-0.2, -0.15) is 0 Å². The van der Waals surface area contributed by atoms with Crippen molar-refractivity contribution in [3.05, 3.63) is 60.2 Å². The van der Waals surface area contributed by atoms with E-state index in [-0.39, 0.29) is 19.1 Å². The van der Waals surface area contributed by atoms with Crippen LogP contribution in [0.3, 0.4) is 0 Å². The van der Waals surface area contributed by atoms with Gasteiger partial charge in [0.1, 0.15) is 0 Å². The van der Waals surface area contributed by atoms with E-state index in [4.69, 9.17) is 5.11 Å². The highest BCUT2D eigenvalue weighted by Crippen LogP contribution is 2.30. The van der Waals surface area contributed by atoms with Crippen LogP contribution in [0.4, 0.5) is 0 Å². The molecule has 0 aliphatic heterocycles. The summed E-state index contributed by atoms with van der Waals surface area (Å²) in [4.78, 5) is 11.9. The number of hydrogen-bond acceptors (Lipinski definition) is 2. The lowest BCUT2D eigenvalue weighted by atomic mass is 10.0. The number of nitrogens with one attached hydrogen (secondary N) is 1. The Morgan fingerprint density at radius 2 is 1.85 bits per heavy atom. The Morgan fingerprint density at radius 3 is 2.65 bits per heavy atom. The molecule has 0 fully saturated rings. The third-order valence-corrected chi connectivity index (χ3v) is 3.40. The standard InChI is InChI=1S/C17H15NO2/c19-10-9-18-17(20)14-7-8-16-13(11-14)5-1-3-12-4-2-6-15(12)16/h1-8,11,19H,9-10H2,(H,18,20). The Kier molecular flexibility index (Phi) is 3.35. The summed E-state index contributed by atoms with van der Waals surface area (Å²) in [5.74, 6) is -0.161. The first-order valence-electron chi connectivity index (χ1n) is 6.60. The van der Waals surface area contributed by atoms with Crippen molar-refractivity contribution in [2.45, 2.75) is 0 Å². The summed E-state index contributed by atoms with van der Waals surface area (Å²) in [5, 5.41) is 13.6. The van der Waals surface area contributed by atoms with E-state index in [2.05, 4.69) is 23.5 Å². The fourth-order valence-electron chi connectivity index (χ4n) is 2.44. The highest BCUT2D eigenvalue weighted by atomic mass is 16.3. The Balaban J connectivity index is 2.08. The Hall–Kier alpha value is -2.39. The van der Waals surface area contributed by atoms with Gasteiger partial charge in [0.2, 0.25) is 0 Å². The molecule has 0 heterocycles. The van der Waals surface area contributed by atoms with Crippen molar-refractivity contribution in [3.63, 3.8) is 0 Å². The van der Waals surface area contributed by atoms with Crippen molar-refractivity contribution < 1.29 is 9.90 Å². The normalized spacial score (nSPS) is 10.8. The maximum absolute atomic E-state index is 11.9. The molecule has 1 amide bonds. The van der Waals surface area contributed by atoms with E-state index in [1.807, 2.05) is 36.4 Å². The lowest BCUT2D eigenvalue weighted by molar-refractivity contribution is 0.0945.